The first-order valence-electron chi connectivity index (χ1n) is 10.3. The minimum Gasteiger partial charge on any atom is -0.349 e. The van der Waals surface area contributed by atoms with Gasteiger partial charge in [0.25, 0.3) is 15.9 Å². The van der Waals surface area contributed by atoms with Crippen LogP contribution in [-0.4, -0.2) is 44.9 Å². The van der Waals surface area contributed by atoms with Gasteiger partial charge in [0, 0.05) is 34.9 Å². The number of carbonyl (C=O) groups excluding carboxylic acids is 1. The summed E-state index contributed by atoms with van der Waals surface area (Å²) >= 11 is 3.33. The lowest BCUT2D eigenvalue weighted by atomic mass is 10.0. The van der Waals surface area contributed by atoms with Crippen molar-refractivity contribution < 1.29 is 13.2 Å². The number of sulfonamides is 1. The third-order valence-corrected chi connectivity index (χ3v) is 7.16. The molecule has 0 spiro atoms. The molecule has 2 aromatic carbocycles. The van der Waals surface area contributed by atoms with Crippen molar-refractivity contribution >= 4 is 37.5 Å². The standard InChI is InChI=1S/C22H28BrN3O3S/c1-2-3-13-26-14-11-19(12-15-26)24-22(27)17-5-4-6-21(16-17)30(28,29)25-20-9-7-18(23)8-10-20/h4-10,16,19,25H,2-3,11-15H2,1H3,(H,24,27). The Balaban J connectivity index is 1.62. The highest BCUT2D eigenvalue weighted by molar-refractivity contribution is 9.10. The molecule has 1 saturated heterocycles. The minimum atomic E-state index is -3.78. The van der Waals surface area contributed by atoms with Gasteiger partial charge < -0.3 is 10.2 Å². The zero-order valence-electron chi connectivity index (χ0n) is 17.1. The number of nitrogens with one attached hydrogen (secondary N) is 2. The van der Waals surface area contributed by atoms with Crippen molar-refractivity contribution in [2.45, 2.75) is 43.5 Å². The fourth-order valence-corrected chi connectivity index (χ4v) is 4.86. The number of anilines is 1. The highest BCUT2D eigenvalue weighted by Crippen LogP contribution is 2.20. The van der Waals surface area contributed by atoms with Crippen LogP contribution >= 0.6 is 15.9 Å². The molecule has 0 aromatic heterocycles. The number of amides is 1. The Morgan fingerprint density at radius 2 is 1.83 bits per heavy atom. The molecule has 8 heteroatoms. The monoisotopic (exact) mass is 493 g/mol. The fourth-order valence-electron chi connectivity index (χ4n) is 3.49. The SMILES string of the molecule is CCCCN1CCC(NC(=O)c2cccc(S(=O)(=O)Nc3ccc(Br)cc3)c2)CC1. The van der Waals surface area contributed by atoms with E-state index in [4.69, 9.17) is 0 Å². The number of carbonyl (C=O) groups is 1. The zero-order chi connectivity index (χ0) is 21.6. The van der Waals surface area contributed by atoms with Gasteiger partial charge in [-0.15, -0.1) is 0 Å². The molecule has 0 saturated carbocycles. The van der Waals surface area contributed by atoms with Gasteiger partial charge in [0.05, 0.1) is 4.90 Å². The maximum Gasteiger partial charge on any atom is 0.261 e. The Hall–Kier alpha value is -1.90. The van der Waals surface area contributed by atoms with Gasteiger partial charge in [0.15, 0.2) is 0 Å². The number of likely N-dealkylation sites (tertiary alicyclic amines) is 1. The molecule has 3 rings (SSSR count). The van der Waals surface area contributed by atoms with Gasteiger partial charge in [-0.25, -0.2) is 8.42 Å². The lowest BCUT2D eigenvalue weighted by molar-refractivity contribution is 0.0910. The second-order valence-electron chi connectivity index (χ2n) is 7.58. The normalized spacial score (nSPS) is 15.7. The van der Waals surface area contributed by atoms with Crippen molar-refractivity contribution in [1.29, 1.82) is 0 Å². The zero-order valence-corrected chi connectivity index (χ0v) is 19.5. The average molecular weight is 494 g/mol. The van der Waals surface area contributed by atoms with Gasteiger partial charge in [-0.05, 0) is 68.3 Å². The van der Waals surface area contributed by atoms with Gasteiger partial charge >= 0.3 is 0 Å². The second-order valence-corrected chi connectivity index (χ2v) is 10.2. The molecule has 0 aliphatic carbocycles. The highest BCUT2D eigenvalue weighted by Gasteiger charge is 2.22. The topological polar surface area (TPSA) is 78.5 Å². The van der Waals surface area contributed by atoms with E-state index in [1.165, 1.54) is 25.0 Å². The van der Waals surface area contributed by atoms with Crippen molar-refractivity contribution in [2.24, 2.45) is 0 Å². The molecular formula is C22H28BrN3O3S. The van der Waals surface area contributed by atoms with Gasteiger partial charge in [-0.2, -0.15) is 0 Å². The predicted octanol–water partition coefficient (Wildman–Crippen LogP) is 4.24. The van der Waals surface area contributed by atoms with Crippen LogP contribution in [0.4, 0.5) is 5.69 Å². The maximum atomic E-state index is 12.7. The molecule has 2 N–H and O–H groups in total. The molecule has 0 bridgehead atoms. The largest absolute Gasteiger partial charge is 0.349 e. The third-order valence-electron chi connectivity index (χ3n) is 5.25. The summed E-state index contributed by atoms with van der Waals surface area (Å²) in [5.41, 5.74) is 0.810. The molecule has 2 aromatic rings. The number of hydrogen-bond donors (Lipinski definition) is 2. The Bertz CT molecular complexity index is 956. The summed E-state index contributed by atoms with van der Waals surface area (Å²) in [5, 5.41) is 3.06. The lowest BCUT2D eigenvalue weighted by Gasteiger charge is -2.32. The molecular weight excluding hydrogens is 466 g/mol. The van der Waals surface area contributed by atoms with E-state index in [9.17, 15) is 13.2 Å². The molecule has 0 atom stereocenters. The third kappa shape index (κ3) is 6.30. The molecule has 0 unspecified atom stereocenters. The van der Waals surface area contributed by atoms with E-state index >= 15 is 0 Å². The van der Waals surface area contributed by atoms with E-state index in [-0.39, 0.29) is 16.8 Å². The van der Waals surface area contributed by atoms with E-state index in [1.807, 2.05) is 0 Å². The van der Waals surface area contributed by atoms with Crippen LogP contribution in [0.2, 0.25) is 0 Å². The van der Waals surface area contributed by atoms with Crippen molar-refractivity contribution in [3.05, 3.63) is 58.6 Å². The second kappa shape index (κ2) is 10.4. The summed E-state index contributed by atoms with van der Waals surface area (Å²) in [6.07, 6.45) is 4.22. The van der Waals surface area contributed by atoms with Crippen LogP contribution in [0.25, 0.3) is 0 Å². The molecule has 1 amide bonds. The van der Waals surface area contributed by atoms with E-state index in [1.54, 1.807) is 36.4 Å². The van der Waals surface area contributed by atoms with Crippen molar-refractivity contribution in [1.82, 2.24) is 10.2 Å². The minimum absolute atomic E-state index is 0.0625. The van der Waals surface area contributed by atoms with E-state index < -0.39 is 10.0 Å². The van der Waals surface area contributed by atoms with Gasteiger partial charge in [-0.1, -0.05) is 35.3 Å². The maximum absolute atomic E-state index is 12.7. The lowest BCUT2D eigenvalue weighted by Crippen LogP contribution is -2.44. The predicted molar refractivity (Wildman–Crippen MR) is 123 cm³/mol. The van der Waals surface area contributed by atoms with Crippen molar-refractivity contribution in [2.75, 3.05) is 24.4 Å². The number of unbranched alkanes of at least 4 members (excludes halogenated alkanes) is 1. The van der Waals surface area contributed by atoms with Crippen LogP contribution in [0.1, 0.15) is 43.0 Å². The van der Waals surface area contributed by atoms with Crippen LogP contribution in [0.3, 0.4) is 0 Å². The molecule has 6 nitrogen and oxygen atoms in total. The highest BCUT2D eigenvalue weighted by atomic mass is 79.9. The number of piperidine rings is 1. The first-order chi connectivity index (χ1) is 14.4. The molecule has 0 radical (unpaired) electrons. The molecule has 30 heavy (non-hydrogen) atoms. The Morgan fingerprint density at radius 3 is 2.50 bits per heavy atom. The van der Waals surface area contributed by atoms with Crippen LogP contribution in [-0.2, 0) is 10.0 Å². The Labute approximate surface area is 187 Å². The quantitative estimate of drug-likeness (QED) is 0.576. The summed E-state index contributed by atoms with van der Waals surface area (Å²) in [6.45, 7) is 5.27. The van der Waals surface area contributed by atoms with Crippen LogP contribution in [0.5, 0.6) is 0 Å². The average Bonchev–Trinajstić information content (AvgIpc) is 2.75. The summed E-state index contributed by atoms with van der Waals surface area (Å²) in [7, 11) is -3.78. The van der Waals surface area contributed by atoms with Crippen LogP contribution in [0, 0.1) is 0 Å². The number of nitrogens with zero attached hydrogens (tertiary/aromatic N) is 1. The van der Waals surface area contributed by atoms with Crippen LogP contribution < -0.4 is 10.0 Å². The summed E-state index contributed by atoms with van der Waals surface area (Å²) in [5.74, 6) is -0.234. The fraction of sp³-hybridized carbons (Fsp3) is 0.409. The molecule has 1 fully saturated rings. The van der Waals surface area contributed by atoms with Crippen molar-refractivity contribution in [3.8, 4) is 0 Å². The number of rotatable bonds is 8. The molecule has 1 aliphatic heterocycles. The Morgan fingerprint density at radius 1 is 1.13 bits per heavy atom. The van der Waals surface area contributed by atoms with E-state index in [0.717, 1.165) is 36.9 Å². The number of halogens is 1. The smallest absolute Gasteiger partial charge is 0.261 e. The van der Waals surface area contributed by atoms with Crippen molar-refractivity contribution in [3.63, 3.8) is 0 Å². The Kier molecular flexibility index (Phi) is 7.91. The summed E-state index contributed by atoms with van der Waals surface area (Å²) < 4.78 is 28.8. The summed E-state index contributed by atoms with van der Waals surface area (Å²) in [4.78, 5) is 15.2. The number of benzene rings is 2. The van der Waals surface area contributed by atoms with E-state index in [0.29, 0.717) is 11.3 Å². The molecule has 1 aliphatic rings. The first-order valence-corrected chi connectivity index (χ1v) is 12.6. The molecule has 162 valence electrons. The van der Waals surface area contributed by atoms with Gasteiger partial charge in [-0.3, -0.25) is 9.52 Å². The number of hydrogen-bond acceptors (Lipinski definition) is 4. The van der Waals surface area contributed by atoms with Crippen LogP contribution in [0.15, 0.2) is 57.9 Å². The first kappa shape index (κ1) is 22.8. The van der Waals surface area contributed by atoms with Gasteiger partial charge in [0.1, 0.15) is 0 Å². The molecule has 1 heterocycles. The van der Waals surface area contributed by atoms with E-state index in [2.05, 4.69) is 37.8 Å². The summed E-state index contributed by atoms with van der Waals surface area (Å²) in [6, 6.07) is 13.1. The van der Waals surface area contributed by atoms with Gasteiger partial charge in [0.2, 0.25) is 0 Å².